The molecule has 0 aromatic rings. The van der Waals surface area contributed by atoms with Crippen molar-refractivity contribution in [1.29, 1.82) is 0 Å². The molecule has 28 heavy (non-hydrogen) atoms. The molecule has 7 nitrogen and oxygen atoms in total. The first kappa shape index (κ1) is 19.2. The Morgan fingerprint density at radius 1 is 1.18 bits per heavy atom. The van der Waals surface area contributed by atoms with Crippen molar-refractivity contribution in [3.8, 4) is 0 Å². The van der Waals surface area contributed by atoms with E-state index < -0.39 is 23.5 Å². The first-order valence-electron chi connectivity index (χ1n) is 10.2. The van der Waals surface area contributed by atoms with E-state index in [-0.39, 0.29) is 29.0 Å². The lowest BCUT2D eigenvalue weighted by Gasteiger charge is -2.60. The van der Waals surface area contributed by atoms with E-state index in [1.165, 1.54) is 6.92 Å². The van der Waals surface area contributed by atoms with Gasteiger partial charge in [0, 0.05) is 36.0 Å². The summed E-state index contributed by atoms with van der Waals surface area (Å²) in [6, 6.07) is -0.692. The maximum absolute atomic E-state index is 12.7. The average molecular weight is 385 g/mol. The van der Waals surface area contributed by atoms with Crippen LogP contribution in [0.1, 0.15) is 59.3 Å². The Labute approximate surface area is 164 Å². The first-order valence-corrected chi connectivity index (χ1v) is 10.2. The second-order valence-corrected chi connectivity index (χ2v) is 9.42. The molecule has 3 fully saturated rings. The minimum Gasteiger partial charge on any atom is -0.461 e. The summed E-state index contributed by atoms with van der Waals surface area (Å²) < 4.78 is 5.78. The average Bonchev–Trinajstić information content (AvgIpc) is 2.94. The molecule has 4 aliphatic carbocycles. The molecule has 7 atom stereocenters. The highest BCUT2D eigenvalue weighted by Crippen LogP contribution is 2.65. The Hall–Kier alpha value is -2.14. The molecule has 0 saturated heterocycles. The summed E-state index contributed by atoms with van der Waals surface area (Å²) in [5.74, 6) is 0.163. The minimum absolute atomic E-state index is 0.0299. The first-order chi connectivity index (χ1) is 13.2. The van der Waals surface area contributed by atoms with E-state index in [1.807, 2.05) is 0 Å². The van der Waals surface area contributed by atoms with E-state index in [2.05, 4.69) is 23.9 Å². The van der Waals surface area contributed by atoms with Gasteiger partial charge >= 0.3 is 5.97 Å². The van der Waals surface area contributed by atoms with Crippen LogP contribution in [-0.4, -0.2) is 29.7 Å². The summed E-state index contributed by atoms with van der Waals surface area (Å²) in [5.41, 5.74) is 9.37. The van der Waals surface area contributed by atoms with E-state index in [9.17, 15) is 19.9 Å². The van der Waals surface area contributed by atoms with Gasteiger partial charge in [0.2, 0.25) is 0 Å². The van der Waals surface area contributed by atoms with E-state index in [4.69, 9.17) is 4.74 Å². The van der Waals surface area contributed by atoms with Crippen LogP contribution in [0.5, 0.6) is 0 Å². The molecule has 150 valence electrons. The van der Waals surface area contributed by atoms with Crippen LogP contribution in [0.15, 0.2) is 16.8 Å². The molecular formula is C21H27N3O4. The van der Waals surface area contributed by atoms with Crippen molar-refractivity contribution in [2.45, 2.75) is 71.4 Å². The molecule has 0 aromatic carbocycles. The predicted octanol–water partition coefficient (Wildman–Crippen LogP) is 3.92. The molecule has 0 radical (unpaired) electrons. The molecule has 3 saturated carbocycles. The van der Waals surface area contributed by atoms with Gasteiger partial charge in [-0.25, -0.2) is 0 Å². The number of esters is 1. The van der Waals surface area contributed by atoms with Gasteiger partial charge in [0.25, 0.3) is 0 Å². The Balaban J connectivity index is 1.89. The van der Waals surface area contributed by atoms with E-state index >= 15 is 0 Å². The SMILES string of the molecule is CC(=O)OC1C2C(CC[C@]3(C)C(=O)CCC23)[C@@]2(C)CCC(=O)C=C2[C@@H]1N=[N+]=[N-]. The zero-order valence-electron chi connectivity index (χ0n) is 16.7. The Kier molecular flexibility index (Phi) is 4.42. The lowest BCUT2D eigenvalue weighted by molar-refractivity contribution is -0.168. The van der Waals surface area contributed by atoms with Crippen molar-refractivity contribution < 1.29 is 19.1 Å². The van der Waals surface area contributed by atoms with Gasteiger partial charge in [0.05, 0.1) is 6.04 Å². The van der Waals surface area contributed by atoms with Crippen molar-refractivity contribution in [2.75, 3.05) is 0 Å². The molecule has 0 amide bonds. The highest BCUT2D eigenvalue weighted by Gasteiger charge is 2.64. The summed E-state index contributed by atoms with van der Waals surface area (Å²) in [6.07, 6.45) is 5.21. The lowest BCUT2D eigenvalue weighted by atomic mass is 9.46. The number of nitrogens with zero attached hydrogens (tertiary/aromatic N) is 3. The number of carbonyl (C=O) groups excluding carboxylic acids is 3. The maximum atomic E-state index is 12.7. The van der Waals surface area contributed by atoms with Crippen LogP contribution >= 0.6 is 0 Å². The van der Waals surface area contributed by atoms with Crippen LogP contribution in [-0.2, 0) is 19.1 Å². The summed E-state index contributed by atoms with van der Waals surface area (Å²) >= 11 is 0. The third-order valence-corrected chi connectivity index (χ3v) is 8.21. The third kappa shape index (κ3) is 2.55. The van der Waals surface area contributed by atoms with Gasteiger partial charge < -0.3 is 4.74 Å². The monoisotopic (exact) mass is 385 g/mol. The third-order valence-electron chi connectivity index (χ3n) is 8.21. The fourth-order valence-electron chi connectivity index (χ4n) is 6.84. The smallest absolute Gasteiger partial charge is 0.302 e. The molecule has 4 rings (SSSR count). The highest BCUT2D eigenvalue weighted by atomic mass is 16.5. The number of ether oxygens (including phenoxy) is 1. The largest absolute Gasteiger partial charge is 0.461 e. The van der Waals surface area contributed by atoms with Gasteiger partial charge in [-0.3, -0.25) is 14.4 Å². The molecule has 4 unspecified atom stereocenters. The van der Waals surface area contributed by atoms with Gasteiger partial charge in [-0.15, -0.1) is 0 Å². The number of carbonyl (C=O) groups is 3. The second-order valence-electron chi connectivity index (χ2n) is 9.42. The number of azide groups is 1. The van der Waals surface area contributed by atoms with Gasteiger partial charge in [0.15, 0.2) is 5.78 Å². The highest BCUT2D eigenvalue weighted by molar-refractivity contribution is 5.92. The van der Waals surface area contributed by atoms with Gasteiger partial charge in [-0.2, -0.15) is 0 Å². The molecule has 4 aliphatic rings. The van der Waals surface area contributed by atoms with E-state index in [0.29, 0.717) is 25.0 Å². The predicted molar refractivity (Wildman–Crippen MR) is 101 cm³/mol. The summed E-state index contributed by atoms with van der Waals surface area (Å²) in [5, 5.41) is 4.03. The Bertz CT molecular complexity index is 830. The number of hydrogen-bond donors (Lipinski definition) is 0. The second kappa shape index (κ2) is 6.45. The van der Waals surface area contributed by atoms with E-state index in [0.717, 1.165) is 24.8 Å². The molecule has 0 bridgehead atoms. The molecule has 0 N–H and O–H groups in total. The fraction of sp³-hybridized carbons (Fsp3) is 0.762. The normalized spacial score (nSPS) is 44.5. The van der Waals surface area contributed by atoms with Crippen LogP contribution in [0.4, 0.5) is 0 Å². The van der Waals surface area contributed by atoms with Crippen LogP contribution in [0.3, 0.4) is 0 Å². The van der Waals surface area contributed by atoms with Gasteiger partial charge in [0.1, 0.15) is 11.9 Å². The maximum Gasteiger partial charge on any atom is 0.302 e. The Morgan fingerprint density at radius 3 is 2.57 bits per heavy atom. The van der Waals surface area contributed by atoms with Crippen LogP contribution < -0.4 is 0 Å². The molecular weight excluding hydrogens is 358 g/mol. The Morgan fingerprint density at radius 2 is 1.89 bits per heavy atom. The fourth-order valence-corrected chi connectivity index (χ4v) is 6.84. The van der Waals surface area contributed by atoms with Crippen molar-refractivity contribution in [1.82, 2.24) is 0 Å². The number of ketones is 2. The number of rotatable bonds is 2. The van der Waals surface area contributed by atoms with Crippen molar-refractivity contribution in [3.05, 3.63) is 22.1 Å². The van der Waals surface area contributed by atoms with Crippen molar-refractivity contribution in [3.63, 3.8) is 0 Å². The van der Waals surface area contributed by atoms with Crippen molar-refractivity contribution >= 4 is 17.5 Å². The zero-order valence-corrected chi connectivity index (χ0v) is 16.7. The molecule has 0 aromatic heterocycles. The molecule has 0 aliphatic heterocycles. The van der Waals surface area contributed by atoms with Crippen LogP contribution in [0, 0.1) is 28.6 Å². The standard InChI is InChI=1S/C21H27N3O4/c1-11(25)28-19-17-13-4-5-16(27)21(13,3)9-7-14(17)20(2)8-6-12(26)10-15(20)18(19)23-24-22/h10,13-14,17-19H,4-9H2,1-3H3/t13?,14?,17?,18-,19?,20+,21-/m0/s1. The van der Waals surface area contributed by atoms with Crippen LogP contribution in [0.2, 0.25) is 0 Å². The summed E-state index contributed by atoms with van der Waals surface area (Å²) in [4.78, 5) is 39.9. The minimum atomic E-state index is -0.692. The van der Waals surface area contributed by atoms with E-state index in [1.54, 1.807) is 6.08 Å². The molecule has 0 spiro atoms. The van der Waals surface area contributed by atoms with Gasteiger partial charge in [-0.05, 0) is 60.1 Å². The number of fused-ring (bicyclic) bond motifs is 5. The molecule has 7 heteroatoms. The summed E-state index contributed by atoms with van der Waals surface area (Å²) in [7, 11) is 0. The summed E-state index contributed by atoms with van der Waals surface area (Å²) in [6.45, 7) is 5.57. The topological polar surface area (TPSA) is 109 Å². The van der Waals surface area contributed by atoms with Crippen LogP contribution in [0.25, 0.3) is 10.4 Å². The number of hydrogen-bond acceptors (Lipinski definition) is 5. The quantitative estimate of drug-likeness (QED) is 0.310. The number of Topliss-reactive ketones (excluding diaryl/α,β-unsaturated/α-hetero) is 1. The van der Waals surface area contributed by atoms with Gasteiger partial charge in [-0.1, -0.05) is 19.0 Å². The lowest BCUT2D eigenvalue weighted by Crippen LogP contribution is -2.60. The zero-order chi connectivity index (χ0) is 20.3. The van der Waals surface area contributed by atoms with Crippen molar-refractivity contribution in [2.24, 2.45) is 33.7 Å². The molecule has 0 heterocycles.